The lowest BCUT2D eigenvalue weighted by molar-refractivity contribution is 0.205. The van der Waals surface area contributed by atoms with Gasteiger partial charge in [0.05, 0.1) is 0 Å². The Labute approximate surface area is 86.7 Å². The number of likely N-dealkylation sites (tertiary alicyclic amines) is 1. The summed E-state index contributed by atoms with van der Waals surface area (Å²) in [6.07, 6.45) is 2.67. The van der Waals surface area contributed by atoms with E-state index in [-0.39, 0.29) is 0 Å². The first-order chi connectivity index (χ1) is 6.79. The fraction of sp³-hybridized carbons (Fsp3) is 0.538. The van der Waals surface area contributed by atoms with Crippen molar-refractivity contribution in [2.24, 2.45) is 0 Å². The first-order valence-corrected chi connectivity index (χ1v) is 5.59. The molecule has 14 heavy (non-hydrogen) atoms. The predicted molar refractivity (Wildman–Crippen MR) is 60.3 cm³/mol. The average molecular weight is 189 g/mol. The second-order valence-corrected chi connectivity index (χ2v) is 4.40. The molecule has 0 aliphatic carbocycles. The lowest BCUT2D eigenvalue weighted by Crippen LogP contribution is -2.30. The van der Waals surface area contributed by atoms with Crippen LogP contribution in [-0.2, 0) is 0 Å². The van der Waals surface area contributed by atoms with Crippen LogP contribution in [0.25, 0.3) is 0 Å². The quantitative estimate of drug-likeness (QED) is 0.690. The first-order valence-electron chi connectivity index (χ1n) is 5.59. The van der Waals surface area contributed by atoms with Gasteiger partial charge in [0.25, 0.3) is 0 Å². The molecule has 1 unspecified atom stereocenters. The van der Waals surface area contributed by atoms with Crippen LogP contribution in [0.15, 0.2) is 30.3 Å². The topological polar surface area (TPSA) is 3.24 Å². The van der Waals surface area contributed by atoms with Gasteiger partial charge >= 0.3 is 0 Å². The number of nitrogens with zero attached hydrogens (tertiary/aromatic N) is 1. The van der Waals surface area contributed by atoms with Crippen molar-refractivity contribution in [2.45, 2.75) is 38.8 Å². The van der Waals surface area contributed by atoms with Crippen molar-refractivity contribution in [3.63, 3.8) is 0 Å². The molecule has 0 bridgehead atoms. The summed E-state index contributed by atoms with van der Waals surface area (Å²) in [6, 6.07) is 12.2. The lowest BCUT2D eigenvalue weighted by atomic mass is 10.0. The Balaban J connectivity index is 2.18. The monoisotopic (exact) mass is 189 g/mol. The van der Waals surface area contributed by atoms with E-state index in [1.165, 1.54) is 24.9 Å². The molecule has 1 aliphatic heterocycles. The van der Waals surface area contributed by atoms with Gasteiger partial charge in [0, 0.05) is 12.1 Å². The predicted octanol–water partition coefficient (Wildman–Crippen LogP) is 3.23. The van der Waals surface area contributed by atoms with E-state index >= 15 is 0 Å². The highest BCUT2D eigenvalue weighted by Crippen LogP contribution is 2.32. The molecule has 0 aromatic heterocycles. The van der Waals surface area contributed by atoms with Crippen molar-refractivity contribution in [3.8, 4) is 0 Å². The standard InChI is InChI=1S/C13H19N/c1-11(2)14-10-6-9-13(14)12-7-4-3-5-8-12/h3-5,7-8,11,13H,6,9-10H2,1-2H3. The highest BCUT2D eigenvalue weighted by molar-refractivity contribution is 5.20. The maximum absolute atomic E-state index is 2.61. The van der Waals surface area contributed by atoms with E-state index < -0.39 is 0 Å². The van der Waals surface area contributed by atoms with Crippen LogP contribution in [0, 0.1) is 0 Å². The molecule has 1 atom stereocenters. The zero-order valence-electron chi connectivity index (χ0n) is 9.11. The minimum Gasteiger partial charge on any atom is -0.294 e. The summed E-state index contributed by atoms with van der Waals surface area (Å²) in [4.78, 5) is 2.61. The smallest absolute Gasteiger partial charge is 0.0351 e. The van der Waals surface area contributed by atoms with Gasteiger partial charge in [-0.1, -0.05) is 30.3 Å². The molecule has 0 N–H and O–H groups in total. The summed E-state index contributed by atoms with van der Waals surface area (Å²) >= 11 is 0. The van der Waals surface area contributed by atoms with E-state index in [1.54, 1.807) is 0 Å². The number of benzene rings is 1. The van der Waals surface area contributed by atoms with Crippen LogP contribution in [0.5, 0.6) is 0 Å². The van der Waals surface area contributed by atoms with Crippen molar-refractivity contribution in [2.75, 3.05) is 6.54 Å². The number of rotatable bonds is 2. The van der Waals surface area contributed by atoms with Crippen molar-refractivity contribution in [1.82, 2.24) is 4.90 Å². The van der Waals surface area contributed by atoms with Gasteiger partial charge in [-0.2, -0.15) is 0 Å². The minimum absolute atomic E-state index is 0.663. The zero-order valence-corrected chi connectivity index (χ0v) is 9.11. The third-order valence-electron chi connectivity index (χ3n) is 3.14. The van der Waals surface area contributed by atoms with Crippen LogP contribution in [0.4, 0.5) is 0 Å². The molecule has 0 amide bonds. The summed E-state index contributed by atoms with van der Waals surface area (Å²) in [7, 11) is 0. The molecular weight excluding hydrogens is 170 g/mol. The average Bonchev–Trinajstić information content (AvgIpc) is 2.67. The summed E-state index contributed by atoms with van der Waals surface area (Å²) in [6.45, 7) is 5.85. The van der Waals surface area contributed by atoms with Gasteiger partial charge in [-0.15, -0.1) is 0 Å². The molecule has 1 saturated heterocycles. The third kappa shape index (κ3) is 1.83. The molecule has 1 heterocycles. The molecule has 76 valence electrons. The van der Waals surface area contributed by atoms with Crippen molar-refractivity contribution in [3.05, 3.63) is 35.9 Å². The molecule has 1 aromatic rings. The van der Waals surface area contributed by atoms with Gasteiger partial charge in [-0.3, -0.25) is 4.90 Å². The summed E-state index contributed by atoms with van der Waals surface area (Å²) in [5, 5.41) is 0. The van der Waals surface area contributed by atoms with Crippen molar-refractivity contribution < 1.29 is 0 Å². The van der Waals surface area contributed by atoms with Crippen molar-refractivity contribution in [1.29, 1.82) is 0 Å². The first kappa shape index (κ1) is 9.72. The Bertz CT molecular complexity index is 279. The van der Waals surface area contributed by atoms with Gasteiger partial charge in [0.1, 0.15) is 0 Å². The minimum atomic E-state index is 0.663. The molecule has 0 spiro atoms. The van der Waals surface area contributed by atoms with Gasteiger partial charge in [-0.05, 0) is 38.8 Å². The van der Waals surface area contributed by atoms with E-state index in [0.29, 0.717) is 12.1 Å². The number of hydrogen-bond acceptors (Lipinski definition) is 1. The molecule has 1 aliphatic rings. The maximum atomic E-state index is 2.61. The summed E-state index contributed by atoms with van der Waals surface area (Å²) in [5.74, 6) is 0. The Kier molecular flexibility index (Phi) is 2.87. The fourth-order valence-corrected chi connectivity index (χ4v) is 2.44. The molecule has 0 saturated carbocycles. The normalized spacial score (nSPS) is 23.2. The van der Waals surface area contributed by atoms with Gasteiger partial charge in [-0.25, -0.2) is 0 Å². The second kappa shape index (κ2) is 4.14. The molecule has 1 nitrogen and oxygen atoms in total. The second-order valence-electron chi connectivity index (χ2n) is 4.40. The fourth-order valence-electron chi connectivity index (χ4n) is 2.44. The largest absolute Gasteiger partial charge is 0.294 e. The molecule has 1 heteroatoms. The van der Waals surface area contributed by atoms with Gasteiger partial charge in [0.15, 0.2) is 0 Å². The molecular formula is C13H19N. The van der Waals surface area contributed by atoms with E-state index in [9.17, 15) is 0 Å². The Hall–Kier alpha value is -0.820. The Morgan fingerprint density at radius 1 is 1.21 bits per heavy atom. The molecule has 2 rings (SSSR count). The van der Waals surface area contributed by atoms with E-state index in [1.807, 2.05) is 0 Å². The Morgan fingerprint density at radius 3 is 2.57 bits per heavy atom. The zero-order chi connectivity index (χ0) is 9.97. The third-order valence-corrected chi connectivity index (χ3v) is 3.14. The van der Waals surface area contributed by atoms with Crippen molar-refractivity contribution >= 4 is 0 Å². The van der Waals surface area contributed by atoms with Crippen LogP contribution in [-0.4, -0.2) is 17.5 Å². The van der Waals surface area contributed by atoms with E-state index in [4.69, 9.17) is 0 Å². The maximum Gasteiger partial charge on any atom is 0.0351 e. The highest BCUT2D eigenvalue weighted by Gasteiger charge is 2.27. The van der Waals surface area contributed by atoms with Crippen LogP contribution in [0.2, 0.25) is 0 Å². The van der Waals surface area contributed by atoms with E-state index in [0.717, 1.165) is 0 Å². The molecule has 1 aromatic carbocycles. The van der Waals surface area contributed by atoms with Crippen LogP contribution in [0.3, 0.4) is 0 Å². The van der Waals surface area contributed by atoms with Crippen LogP contribution < -0.4 is 0 Å². The molecule has 1 fully saturated rings. The van der Waals surface area contributed by atoms with E-state index in [2.05, 4.69) is 49.1 Å². The molecule has 0 radical (unpaired) electrons. The highest BCUT2D eigenvalue weighted by atomic mass is 15.2. The van der Waals surface area contributed by atoms with Gasteiger partial charge < -0.3 is 0 Å². The number of hydrogen-bond donors (Lipinski definition) is 0. The van der Waals surface area contributed by atoms with Crippen LogP contribution >= 0.6 is 0 Å². The summed E-state index contributed by atoms with van der Waals surface area (Å²) < 4.78 is 0. The van der Waals surface area contributed by atoms with Gasteiger partial charge in [0.2, 0.25) is 0 Å². The lowest BCUT2D eigenvalue weighted by Gasteiger charge is -2.28. The SMILES string of the molecule is CC(C)N1CCCC1c1ccccc1. The Morgan fingerprint density at radius 2 is 1.93 bits per heavy atom. The summed E-state index contributed by atoms with van der Waals surface area (Å²) in [5.41, 5.74) is 1.48. The van der Waals surface area contributed by atoms with Crippen LogP contribution in [0.1, 0.15) is 38.3 Å².